The summed E-state index contributed by atoms with van der Waals surface area (Å²) < 4.78 is 5.01. The highest BCUT2D eigenvalue weighted by Crippen LogP contribution is 2.18. The van der Waals surface area contributed by atoms with Crippen molar-refractivity contribution in [3.05, 3.63) is 39.9 Å². The monoisotopic (exact) mass is 271 g/mol. The lowest BCUT2D eigenvalue weighted by Gasteiger charge is -2.14. The van der Waals surface area contributed by atoms with E-state index in [9.17, 15) is 14.9 Å². The topological polar surface area (TPSA) is 69.4 Å². The predicted molar refractivity (Wildman–Crippen MR) is 67.9 cm³/mol. The quantitative estimate of drug-likeness (QED) is 0.357. The zero-order valence-electron chi connectivity index (χ0n) is 10.2. The summed E-state index contributed by atoms with van der Waals surface area (Å²) in [6.45, 7) is 3.87. The van der Waals surface area contributed by atoms with Crippen LogP contribution in [0.3, 0.4) is 0 Å². The van der Waals surface area contributed by atoms with E-state index in [0.29, 0.717) is 6.42 Å². The van der Waals surface area contributed by atoms with Crippen LogP contribution >= 0.6 is 11.6 Å². The Morgan fingerprint density at radius 1 is 1.39 bits per heavy atom. The standard InChI is InChI=1S/C12H14ClNO4/c1-12(2,13)7-8-18-11(15)9-3-5-10(6-4-9)14(16)17/h3-6H,7-8H2,1-2H3. The maximum atomic E-state index is 11.6. The Labute approximate surface area is 110 Å². The average Bonchev–Trinajstić information content (AvgIpc) is 2.27. The van der Waals surface area contributed by atoms with Gasteiger partial charge in [0.2, 0.25) is 0 Å². The highest BCUT2D eigenvalue weighted by molar-refractivity contribution is 6.23. The lowest BCUT2D eigenvalue weighted by molar-refractivity contribution is -0.384. The summed E-state index contributed by atoms with van der Waals surface area (Å²) in [5, 5.41) is 10.4. The molecule has 0 fully saturated rings. The van der Waals surface area contributed by atoms with Gasteiger partial charge < -0.3 is 4.74 Å². The number of rotatable bonds is 5. The van der Waals surface area contributed by atoms with Gasteiger partial charge in [-0.15, -0.1) is 11.6 Å². The van der Waals surface area contributed by atoms with Crippen LogP contribution in [0.4, 0.5) is 5.69 Å². The van der Waals surface area contributed by atoms with Crippen LogP contribution in [-0.2, 0) is 4.74 Å². The van der Waals surface area contributed by atoms with Gasteiger partial charge in [0.15, 0.2) is 0 Å². The lowest BCUT2D eigenvalue weighted by Crippen LogP contribution is -2.16. The van der Waals surface area contributed by atoms with Crippen LogP contribution in [-0.4, -0.2) is 22.4 Å². The van der Waals surface area contributed by atoms with Crippen molar-refractivity contribution in [3.8, 4) is 0 Å². The Morgan fingerprint density at radius 3 is 2.39 bits per heavy atom. The number of ether oxygens (including phenoxy) is 1. The maximum Gasteiger partial charge on any atom is 0.338 e. The molecule has 0 amide bonds. The summed E-state index contributed by atoms with van der Waals surface area (Å²) in [7, 11) is 0. The van der Waals surface area contributed by atoms with Gasteiger partial charge >= 0.3 is 5.97 Å². The highest BCUT2D eigenvalue weighted by Gasteiger charge is 2.15. The fourth-order valence-corrected chi connectivity index (χ4v) is 1.27. The molecular formula is C12H14ClNO4. The molecule has 0 saturated heterocycles. The van der Waals surface area contributed by atoms with E-state index in [1.165, 1.54) is 24.3 Å². The number of nitro groups is 1. The van der Waals surface area contributed by atoms with E-state index >= 15 is 0 Å². The van der Waals surface area contributed by atoms with Gasteiger partial charge in [0.05, 0.1) is 17.1 Å². The van der Waals surface area contributed by atoms with Crippen LogP contribution in [0.15, 0.2) is 24.3 Å². The lowest BCUT2D eigenvalue weighted by atomic mass is 10.1. The molecule has 0 saturated carbocycles. The van der Waals surface area contributed by atoms with E-state index in [0.717, 1.165) is 0 Å². The normalized spacial score (nSPS) is 11.1. The van der Waals surface area contributed by atoms with E-state index in [1.807, 2.05) is 13.8 Å². The minimum absolute atomic E-state index is 0.0616. The minimum atomic E-state index is -0.523. The van der Waals surface area contributed by atoms with Crippen molar-refractivity contribution in [2.75, 3.05) is 6.61 Å². The number of hydrogen-bond donors (Lipinski definition) is 0. The minimum Gasteiger partial charge on any atom is -0.462 e. The Hall–Kier alpha value is -1.62. The zero-order chi connectivity index (χ0) is 13.8. The highest BCUT2D eigenvalue weighted by atomic mass is 35.5. The van der Waals surface area contributed by atoms with Gasteiger partial charge in [-0.05, 0) is 26.0 Å². The third-order valence-corrected chi connectivity index (χ3v) is 2.43. The molecule has 0 aromatic heterocycles. The number of halogens is 1. The van der Waals surface area contributed by atoms with E-state index in [2.05, 4.69) is 0 Å². The molecule has 0 N–H and O–H groups in total. The largest absolute Gasteiger partial charge is 0.462 e. The van der Waals surface area contributed by atoms with Crippen LogP contribution in [0.5, 0.6) is 0 Å². The molecule has 0 aliphatic rings. The summed E-state index contributed by atoms with van der Waals surface area (Å²) in [5.74, 6) is -0.509. The molecule has 1 rings (SSSR count). The van der Waals surface area contributed by atoms with Gasteiger partial charge in [0.1, 0.15) is 0 Å². The number of carbonyl (C=O) groups is 1. The molecule has 0 atom stereocenters. The number of esters is 1. The van der Waals surface area contributed by atoms with Crippen LogP contribution in [0.2, 0.25) is 0 Å². The van der Waals surface area contributed by atoms with Crippen LogP contribution < -0.4 is 0 Å². The van der Waals surface area contributed by atoms with Gasteiger partial charge in [-0.1, -0.05) is 0 Å². The Balaban J connectivity index is 2.54. The molecule has 1 aromatic rings. The summed E-state index contributed by atoms with van der Waals surface area (Å²) in [4.78, 5) is 21.1. The second kappa shape index (κ2) is 5.82. The third-order valence-electron chi connectivity index (χ3n) is 2.24. The number of carbonyl (C=O) groups excluding carboxylic acids is 1. The first kappa shape index (κ1) is 14.4. The van der Waals surface area contributed by atoms with E-state index in [4.69, 9.17) is 16.3 Å². The fourth-order valence-electron chi connectivity index (χ4n) is 1.19. The van der Waals surface area contributed by atoms with Gasteiger partial charge in [0.25, 0.3) is 5.69 Å². The third kappa shape index (κ3) is 4.71. The second-order valence-electron chi connectivity index (χ2n) is 4.41. The molecule has 6 heteroatoms. The fraction of sp³-hybridized carbons (Fsp3) is 0.417. The Bertz CT molecular complexity index is 436. The van der Waals surface area contributed by atoms with Crippen LogP contribution in [0.1, 0.15) is 30.6 Å². The molecule has 0 heterocycles. The van der Waals surface area contributed by atoms with Crippen molar-refractivity contribution < 1.29 is 14.5 Å². The van der Waals surface area contributed by atoms with E-state index < -0.39 is 15.8 Å². The van der Waals surface area contributed by atoms with Crippen LogP contribution in [0, 0.1) is 10.1 Å². The molecule has 0 radical (unpaired) electrons. The molecule has 1 aromatic carbocycles. The van der Waals surface area contributed by atoms with Crippen molar-refractivity contribution in [3.63, 3.8) is 0 Å². The van der Waals surface area contributed by atoms with E-state index in [1.54, 1.807) is 0 Å². The average molecular weight is 272 g/mol. The summed E-state index contributed by atoms with van der Waals surface area (Å²) in [6.07, 6.45) is 0.535. The molecule has 98 valence electrons. The number of non-ortho nitro benzene ring substituents is 1. The van der Waals surface area contributed by atoms with Gasteiger partial charge in [-0.25, -0.2) is 4.79 Å². The molecular weight excluding hydrogens is 258 g/mol. The first-order valence-corrected chi connectivity index (χ1v) is 5.78. The van der Waals surface area contributed by atoms with E-state index in [-0.39, 0.29) is 17.9 Å². The van der Waals surface area contributed by atoms with Gasteiger partial charge in [-0.2, -0.15) is 0 Å². The number of alkyl halides is 1. The Kier molecular flexibility index (Phi) is 4.67. The predicted octanol–water partition coefficient (Wildman–Crippen LogP) is 3.16. The molecule has 0 unspecified atom stereocenters. The SMILES string of the molecule is CC(C)(Cl)CCOC(=O)c1ccc([N+](=O)[O-])cc1. The first-order chi connectivity index (χ1) is 8.29. The summed E-state index contributed by atoms with van der Waals surface area (Å²) in [5.41, 5.74) is 0.224. The maximum absolute atomic E-state index is 11.6. The molecule has 0 aliphatic carbocycles. The zero-order valence-corrected chi connectivity index (χ0v) is 10.9. The van der Waals surface area contributed by atoms with Crippen LogP contribution in [0.25, 0.3) is 0 Å². The van der Waals surface area contributed by atoms with Crippen molar-refractivity contribution >= 4 is 23.3 Å². The van der Waals surface area contributed by atoms with Gasteiger partial charge in [0, 0.05) is 23.4 Å². The number of nitrogens with zero attached hydrogens (tertiary/aromatic N) is 1. The molecule has 5 nitrogen and oxygen atoms in total. The molecule has 0 aliphatic heterocycles. The van der Waals surface area contributed by atoms with Gasteiger partial charge in [-0.3, -0.25) is 10.1 Å². The Morgan fingerprint density at radius 2 is 1.94 bits per heavy atom. The number of nitro benzene ring substituents is 1. The summed E-state index contributed by atoms with van der Waals surface area (Å²) in [6, 6.07) is 5.27. The first-order valence-electron chi connectivity index (χ1n) is 5.40. The molecule has 0 bridgehead atoms. The van der Waals surface area contributed by atoms with Crippen molar-refractivity contribution in [1.29, 1.82) is 0 Å². The van der Waals surface area contributed by atoms with Crippen molar-refractivity contribution in [1.82, 2.24) is 0 Å². The second-order valence-corrected chi connectivity index (χ2v) is 5.43. The summed E-state index contributed by atoms with van der Waals surface area (Å²) >= 11 is 5.95. The number of hydrogen-bond acceptors (Lipinski definition) is 4. The molecule has 18 heavy (non-hydrogen) atoms. The number of benzene rings is 1. The molecule has 0 spiro atoms. The van der Waals surface area contributed by atoms with Crippen molar-refractivity contribution in [2.45, 2.75) is 25.1 Å². The van der Waals surface area contributed by atoms with Crippen molar-refractivity contribution in [2.24, 2.45) is 0 Å². The smallest absolute Gasteiger partial charge is 0.338 e.